The Bertz CT molecular complexity index is 1080. The van der Waals surface area contributed by atoms with Crippen molar-refractivity contribution in [1.82, 2.24) is 0 Å². The number of rotatable bonds is 14. The Morgan fingerprint density at radius 2 is 1.43 bits per heavy atom. The van der Waals surface area contributed by atoms with Crippen LogP contribution < -0.4 is 4.74 Å². The van der Waals surface area contributed by atoms with E-state index in [2.05, 4.69) is 13.8 Å². The van der Waals surface area contributed by atoms with E-state index in [0.29, 0.717) is 12.0 Å². The van der Waals surface area contributed by atoms with Gasteiger partial charge in [0.25, 0.3) is 0 Å². The standard InChI is InChI=1S/C30H36F4O/c1-3-5-7-9-11-21-13-15-22(16-14-21)24-17-18-25-26(28(24)33)19-27(32)30(29(25)34)35-20-23(31)12-10-8-6-4-2/h13-19,23H,3-12,20H2,1-2H3/t23-/m0/s1. The van der Waals surface area contributed by atoms with Crippen LogP contribution in [0, 0.1) is 17.5 Å². The quantitative estimate of drug-likeness (QED) is 0.162. The SMILES string of the molecule is CCCCCCc1ccc(-c2ccc3c(F)c(OC[C@@H](F)CCCCCC)c(F)cc3c2F)cc1. The first kappa shape index (κ1) is 27.0. The highest BCUT2D eigenvalue weighted by Gasteiger charge is 2.20. The van der Waals surface area contributed by atoms with Crippen LogP contribution in [-0.4, -0.2) is 12.8 Å². The van der Waals surface area contributed by atoms with E-state index in [9.17, 15) is 8.78 Å². The van der Waals surface area contributed by atoms with Crippen LogP contribution in [0.25, 0.3) is 21.9 Å². The van der Waals surface area contributed by atoms with E-state index < -0.39 is 36.0 Å². The summed E-state index contributed by atoms with van der Waals surface area (Å²) in [5, 5.41) is -0.251. The lowest BCUT2D eigenvalue weighted by molar-refractivity contribution is 0.174. The molecule has 0 aromatic heterocycles. The summed E-state index contributed by atoms with van der Waals surface area (Å²) in [4.78, 5) is 0. The molecule has 0 heterocycles. The molecule has 0 radical (unpaired) electrons. The number of fused-ring (bicyclic) bond motifs is 1. The molecule has 0 saturated carbocycles. The van der Waals surface area contributed by atoms with Gasteiger partial charge in [0.1, 0.15) is 18.6 Å². The molecular weight excluding hydrogens is 452 g/mol. The smallest absolute Gasteiger partial charge is 0.191 e. The Balaban J connectivity index is 1.74. The molecule has 0 bridgehead atoms. The van der Waals surface area contributed by atoms with Crippen LogP contribution >= 0.6 is 0 Å². The van der Waals surface area contributed by atoms with Gasteiger partial charge >= 0.3 is 0 Å². The summed E-state index contributed by atoms with van der Waals surface area (Å²) in [5.41, 5.74) is 2.10. The summed E-state index contributed by atoms with van der Waals surface area (Å²) in [6.45, 7) is 3.81. The molecule has 3 aromatic rings. The van der Waals surface area contributed by atoms with E-state index in [-0.39, 0.29) is 22.8 Å². The highest BCUT2D eigenvalue weighted by Crippen LogP contribution is 2.35. The van der Waals surface area contributed by atoms with Crippen LogP contribution in [0.15, 0.2) is 42.5 Å². The molecule has 3 aromatic carbocycles. The molecule has 0 amide bonds. The van der Waals surface area contributed by atoms with E-state index in [1.165, 1.54) is 37.0 Å². The molecule has 0 unspecified atom stereocenters. The number of halogens is 4. The number of aryl methyl sites for hydroxylation is 1. The Labute approximate surface area is 206 Å². The van der Waals surface area contributed by atoms with Crippen molar-refractivity contribution in [2.24, 2.45) is 0 Å². The fourth-order valence-electron chi connectivity index (χ4n) is 4.36. The lowest BCUT2D eigenvalue weighted by atomic mass is 9.97. The number of benzene rings is 3. The first-order valence-electron chi connectivity index (χ1n) is 12.9. The van der Waals surface area contributed by atoms with Gasteiger partial charge in [0.2, 0.25) is 0 Å². The van der Waals surface area contributed by atoms with E-state index in [1.54, 1.807) is 0 Å². The third kappa shape index (κ3) is 7.22. The molecule has 0 aliphatic carbocycles. The molecule has 3 rings (SSSR count). The Morgan fingerprint density at radius 3 is 2.11 bits per heavy atom. The summed E-state index contributed by atoms with van der Waals surface area (Å²) >= 11 is 0. The number of alkyl halides is 1. The van der Waals surface area contributed by atoms with Crippen LogP contribution in [0.5, 0.6) is 5.75 Å². The molecule has 190 valence electrons. The fraction of sp³-hybridized carbons (Fsp3) is 0.467. The van der Waals surface area contributed by atoms with Gasteiger partial charge < -0.3 is 4.74 Å². The van der Waals surface area contributed by atoms with Gasteiger partial charge in [0, 0.05) is 16.3 Å². The van der Waals surface area contributed by atoms with Gasteiger partial charge in [-0.1, -0.05) is 95.2 Å². The lowest BCUT2D eigenvalue weighted by Gasteiger charge is -2.14. The summed E-state index contributed by atoms with van der Waals surface area (Å²) < 4.78 is 64.3. The van der Waals surface area contributed by atoms with E-state index in [4.69, 9.17) is 4.74 Å². The van der Waals surface area contributed by atoms with Gasteiger partial charge in [-0.3, -0.25) is 0 Å². The second-order valence-corrected chi connectivity index (χ2v) is 9.29. The van der Waals surface area contributed by atoms with E-state index in [0.717, 1.165) is 38.2 Å². The van der Waals surface area contributed by atoms with Gasteiger partial charge in [0.15, 0.2) is 17.4 Å². The highest BCUT2D eigenvalue weighted by molar-refractivity contribution is 5.90. The third-order valence-electron chi connectivity index (χ3n) is 6.47. The summed E-state index contributed by atoms with van der Waals surface area (Å²) in [6, 6.07) is 11.5. The lowest BCUT2D eigenvalue weighted by Crippen LogP contribution is -2.14. The van der Waals surface area contributed by atoms with Crippen molar-refractivity contribution in [1.29, 1.82) is 0 Å². The molecular formula is C30H36F4O. The zero-order valence-corrected chi connectivity index (χ0v) is 20.8. The fourth-order valence-corrected chi connectivity index (χ4v) is 4.36. The number of hydrogen-bond acceptors (Lipinski definition) is 1. The molecule has 0 fully saturated rings. The maximum absolute atomic E-state index is 15.3. The second kappa shape index (κ2) is 13.5. The van der Waals surface area contributed by atoms with Gasteiger partial charge in [-0.15, -0.1) is 0 Å². The molecule has 0 aliphatic heterocycles. The maximum Gasteiger partial charge on any atom is 0.191 e. The molecule has 0 N–H and O–H groups in total. The third-order valence-corrected chi connectivity index (χ3v) is 6.47. The minimum atomic E-state index is -1.31. The van der Waals surface area contributed by atoms with Crippen molar-refractivity contribution in [2.75, 3.05) is 6.61 Å². The van der Waals surface area contributed by atoms with Crippen LogP contribution in [0.3, 0.4) is 0 Å². The Hall–Kier alpha value is -2.56. The van der Waals surface area contributed by atoms with Crippen molar-refractivity contribution < 1.29 is 22.3 Å². The molecule has 35 heavy (non-hydrogen) atoms. The monoisotopic (exact) mass is 488 g/mol. The van der Waals surface area contributed by atoms with Gasteiger partial charge in [-0.25, -0.2) is 17.6 Å². The average Bonchev–Trinajstić information content (AvgIpc) is 2.85. The molecule has 0 spiro atoms. The Morgan fingerprint density at radius 1 is 0.743 bits per heavy atom. The highest BCUT2D eigenvalue weighted by atomic mass is 19.1. The van der Waals surface area contributed by atoms with Crippen molar-refractivity contribution in [3.63, 3.8) is 0 Å². The largest absolute Gasteiger partial charge is 0.485 e. The van der Waals surface area contributed by atoms with E-state index in [1.807, 2.05) is 24.3 Å². The second-order valence-electron chi connectivity index (χ2n) is 9.29. The van der Waals surface area contributed by atoms with Gasteiger partial charge in [-0.05, 0) is 36.5 Å². The summed E-state index contributed by atoms with van der Waals surface area (Å²) in [5.74, 6) is -3.40. The zero-order chi connectivity index (χ0) is 25.2. The number of ether oxygens (including phenoxy) is 1. The summed E-state index contributed by atoms with van der Waals surface area (Å²) in [6.07, 6.45) is 8.33. The van der Waals surface area contributed by atoms with Crippen molar-refractivity contribution in [3.8, 4) is 16.9 Å². The molecule has 1 nitrogen and oxygen atoms in total. The van der Waals surface area contributed by atoms with Crippen LogP contribution in [0.2, 0.25) is 0 Å². The first-order chi connectivity index (χ1) is 17.0. The van der Waals surface area contributed by atoms with E-state index >= 15 is 8.78 Å². The first-order valence-corrected chi connectivity index (χ1v) is 12.9. The van der Waals surface area contributed by atoms with Crippen LogP contribution in [-0.2, 0) is 6.42 Å². The summed E-state index contributed by atoms with van der Waals surface area (Å²) in [7, 11) is 0. The molecule has 0 aliphatic rings. The minimum Gasteiger partial charge on any atom is -0.485 e. The number of unbranched alkanes of at least 4 members (excludes halogenated alkanes) is 6. The normalized spacial score (nSPS) is 12.3. The maximum atomic E-state index is 15.3. The van der Waals surface area contributed by atoms with Crippen LogP contribution in [0.4, 0.5) is 17.6 Å². The predicted molar refractivity (Wildman–Crippen MR) is 136 cm³/mol. The van der Waals surface area contributed by atoms with Crippen molar-refractivity contribution >= 4 is 10.8 Å². The molecule has 5 heteroatoms. The Kier molecular flexibility index (Phi) is 10.4. The van der Waals surface area contributed by atoms with Crippen molar-refractivity contribution in [3.05, 3.63) is 65.5 Å². The van der Waals surface area contributed by atoms with Crippen molar-refractivity contribution in [2.45, 2.75) is 84.2 Å². The van der Waals surface area contributed by atoms with Crippen LogP contribution in [0.1, 0.15) is 77.2 Å². The topological polar surface area (TPSA) is 9.23 Å². The average molecular weight is 489 g/mol. The number of hydrogen-bond donors (Lipinski definition) is 0. The zero-order valence-electron chi connectivity index (χ0n) is 20.8. The minimum absolute atomic E-state index is 0.0893. The van der Waals surface area contributed by atoms with Gasteiger partial charge in [-0.2, -0.15) is 0 Å². The molecule has 0 saturated heterocycles. The predicted octanol–water partition coefficient (Wildman–Crippen LogP) is 9.73. The molecule has 1 atom stereocenters. The van der Waals surface area contributed by atoms with Gasteiger partial charge in [0.05, 0.1) is 0 Å².